The Morgan fingerprint density at radius 3 is 2.50 bits per heavy atom. The second-order valence-corrected chi connectivity index (χ2v) is 4.42. The van der Waals surface area contributed by atoms with Gasteiger partial charge in [0.1, 0.15) is 0 Å². The summed E-state index contributed by atoms with van der Waals surface area (Å²) >= 11 is 0. The van der Waals surface area contributed by atoms with Gasteiger partial charge in [0.2, 0.25) is 0 Å². The van der Waals surface area contributed by atoms with Gasteiger partial charge in [-0.05, 0) is 40.9 Å². The van der Waals surface area contributed by atoms with Crippen LogP contribution in [0.4, 0.5) is 13.2 Å². The van der Waals surface area contributed by atoms with E-state index in [1.807, 2.05) is 13.0 Å². The monoisotopic (exact) mass is 253 g/mol. The Labute approximate surface area is 103 Å². The zero-order valence-electron chi connectivity index (χ0n) is 9.96. The van der Waals surface area contributed by atoms with E-state index in [1.165, 1.54) is 12.1 Å². The van der Waals surface area contributed by atoms with Gasteiger partial charge in [0.25, 0.3) is 0 Å². The van der Waals surface area contributed by atoms with Gasteiger partial charge >= 0.3 is 6.18 Å². The first-order valence-corrected chi connectivity index (χ1v) is 5.73. The summed E-state index contributed by atoms with van der Waals surface area (Å²) in [5, 5.41) is 1.44. The molecule has 2 aromatic rings. The molecule has 0 saturated heterocycles. The molecule has 0 aromatic heterocycles. The van der Waals surface area contributed by atoms with Crippen LogP contribution < -0.4 is 5.73 Å². The lowest BCUT2D eigenvalue weighted by Crippen LogP contribution is -2.09. The number of alkyl halides is 3. The van der Waals surface area contributed by atoms with Gasteiger partial charge in [-0.2, -0.15) is 13.2 Å². The summed E-state index contributed by atoms with van der Waals surface area (Å²) in [5.74, 6) is 0.130. The molecule has 0 aliphatic carbocycles. The van der Waals surface area contributed by atoms with E-state index in [0.717, 1.165) is 17.0 Å². The van der Waals surface area contributed by atoms with Crippen molar-refractivity contribution in [2.75, 3.05) is 6.54 Å². The lowest BCUT2D eigenvalue weighted by molar-refractivity contribution is -0.137. The van der Waals surface area contributed by atoms with Gasteiger partial charge in [0, 0.05) is 0 Å². The number of hydrogen-bond donors (Lipinski definition) is 1. The number of nitrogens with two attached hydrogens (primary N) is 1. The second-order valence-electron chi connectivity index (χ2n) is 4.42. The van der Waals surface area contributed by atoms with Crippen molar-refractivity contribution in [1.82, 2.24) is 0 Å². The maximum atomic E-state index is 12.6. The molecule has 0 saturated carbocycles. The maximum absolute atomic E-state index is 12.6. The first-order valence-electron chi connectivity index (χ1n) is 5.73. The van der Waals surface area contributed by atoms with E-state index >= 15 is 0 Å². The van der Waals surface area contributed by atoms with Crippen LogP contribution >= 0.6 is 0 Å². The standard InChI is InChI=1S/C14H14F3N/c1-9(8-18)12-4-2-3-10-7-11(14(15,16)17)5-6-13(10)12/h2-7,9H,8,18H2,1H3. The minimum atomic E-state index is -4.30. The number of halogens is 3. The van der Waals surface area contributed by atoms with E-state index in [9.17, 15) is 13.2 Å². The summed E-state index contributed by atoms with van der Waals surface area (Å²) in [6.45, 7) is 2.44. The van der Waals surface area contributed by atoms with E-state index < -0.39 is 11.7 Å². The third kappa shape index (κ3) is 2.34. The molecule has 1 unspecified atom stereocenters. The van der Waals surface area contributed by atoms with Crippen molar-refractivity contribution in [2.24, 2.45) is 5.73 Å². The molecule has 0 spiro atoms. The number of fused-ring (bicyclic) bond motifs is 1. The lowest BCUT2D eigenvalue weighted by atomic mass is 9.94. The molecule has 1 atom stereocenters. The van der Waals surface area contributed by atoms with Crippen LogP contribution in [-0.4, -0.2) is 6.54 Å². The Morgan fingerprint density at radius 2 is 1.89 bits per heavy atom. The van der Waals surface area contributed by atoms with E-state index in [4.69, 9.17) is 5.73 Å². The highest BCUT2D eigenvalue weighted by atomic mass is 19.4. The van der Waals surface area contributed by atoms with Crippen molar-refractivity contribution >= 4 is 10.8 Å². The summed E-state index contributed by atoms with van der Waals surface area (Å²) < 4.78 is 37.9. The van der Waals surface area contributed by atoms with Crippen LogP contribution in [0.15, 0.2) is 36.4 Å². The van der Waals surface area contributed by atoms with Crippen LogP contribution in [0.3, 0.4) is 0 Å². The number of rotatable bonds is 2. The fraction of sp³-hybridized carbons (Fsp3) is 0.286. The molecule has 0 bridgehead atoms. The summed E-state index contributed by atoms with van der Waals surface area (Å²) in [6, 6.07) is 9.20. The first-order chi connectivity index (χ1) is 8.43. The molecule has 0 amide bonds. The van der Waals surface area contributed by atoms with Crippen molar-refractivity contribution in [2.45, 2.75) is 19.0 Å². The zero-order valence-corrected chi connectivity index (χ0v) is 9.96. The molecule has 96 valence electrons. The average molecular weight is 253 g/mol. The minimum absolute atomic E-state index is 0.130. The Kier molecular flexibility index (Phi) is 3.30. The van der Waals surface area contributed by atoms with E-state index in [-0.39, 0.29) is 5.92 Å². The van der Waals surface area contributed by atoms with Crippen molar-refractivity contribution in [3.8, 4) is 0 Å². The first kappa shape index (κ1) is 12.9. The minimum Gasteiger partial charge on any atom is -0.330 e. The SMILES string of the molecule is CC(CN)c1cccc2cc(C(F)(F)F)ccc12. The molecule has 2 N–H and O–H groups in total. The van der Waals surface area contributed by atoms with Crippen molar-refractivity contribution in [3.63, 3.8) is 0 Å². The van der Waals surface area contributed by atoms with Gasteiger partial charge in [-0.3, -0.25) is 0 Å². The fourth-order valence-corrected chi connectivity index (χ4v) is 2.04. The van der Waals surface area contributed by atoms with E-state index in [1.54, 1.807) is 12.1 Å². The summed E-state index contributed by atoms with van der Waals surface area (Å²) in [4.78, 5) is 0. The molecule has 0 heterocycles. The van der Waals surface area contributed by atoms with Crippen LogP contribution in [-0.2, 0) is 6.18 Å². The topological polar surface area (TPSA) is 26.0 Å². The Bertz CT molecular complexity index is 560. The molecule has 4 heteroatoms. The highest BCUT2D eigenvalue weighted by Gasteiger charge is 2.30. The molecule has 0 radical (unpaired) electrons. The number of benzene rings is 2. The number of hydrogen-bond acceptors (Lipinski definition) is 1. The quantitative estimate of drug-likeness (QED) is 0.862. The van der Waals surface area contributed by atoms with Crippen LogP contribution in [0, 0.1) is 0 Å². The Balaban J connectivity index is 2.60. The third-order valence-corrected chi connectivity index (χ3v) is 3.13. The maximum Gasteiger partial charge on any atom is 0.416 e. The van der Waals surface area contributed by atoms with Crippen molar-refractivity contribution in [1.29, 1.82) is 0 Å². The van der Waals surface area contributed by atoms with Gasteiger partial charge in [0.15, 0.2) is 0 Å². The zero-order chi connectivity index (χ0) is 13.3. The molecular weight excluding hydrogens is 239 g/mol. The van der Waals surface area contributed by atoms with Crippen molar-refractivity contribution in [3.05, 3.63) is 47.5 Å². The second kappa shape index (κ2) is 4.61. The molecule has 2 rings (SSSR count). The molecule has 1 nitrogen and oxygen atoms in total. The highest BCUT2D eigenvalue weighted by molar-refractivity contribution is 5.87. The Morgan fingerprint density at radius 1 is 1.17 bits per heavy atom. The van der Waals surface area contributed by atoms with Gasteiger partial charge in [-0.1, -0.05) is 31.2 Å². The predicted octanol–water partition coefficient (Wildman–Crippen LogP) is 3.92. The van der Waals surface area contributed by atoms with Crippen molar-refractivity contribution < 1.29 is 13.2 Å². The van der Waals surface area contributed by atoms with Crippen LogP contribution in [0.5, 0.6) is 0 Å². The average Bonchev–Trinajstić information content (AvgIpc) is 2.35. The van der Waals surface area contributed by atoms with Crippen LogP contribution in [0.2, 0.25) is 0 Å². The summed E-state index contributed by atoms with van der Waals surface area (Å²) in [5.41, 5.74) is 5.99. The molecule has 0 aliphatic heterocycles. The molecule has 2 aromatic carbocycles. The van der Waals surface area contributed by atoms with Gasteiger partial charge in [-0.25, -0.2) is 0 Å². The van der Waals surface area contributed by atoms with Crippen LogP contribution in [0.25, 0.3) is 10.8 Å². The molecular formula is C14H14F3N. The van der Waals surface area contributed by atoms with Crippen LogP contribution in [0.1, 0.15) is 24.0 Å². The summed E-state index contributed by atoms with van der Waals surface area (Å²) in [7, 11) is 0. The molecule has 18 heavy (non-hydrogen) atoms. The smallest absolute Gasteiger partial charge is 0.330 e. The lowest BCUT2D eigenvalue weighted by Gasteiger charge is -2.14. The third-order valence-electron chi connectivity index (χ3n) is 3.13. The predicted molar refractivity (Wildman–Crippen MR) is 66.4 cm³/mol. The summed E-state index contributed by atoms with van der Waals surface area (Å²) in [6.07, 6.45) is -4.30. The fourth-order valence-electron chi connectivity index (χ4n) is 2.04. The Hall–Kier alpha value is -1.55. The molecule has 0 fully saturated rings. The normalized spacial score (nSPS) is 13.8. The van der Waals surface area contributed by atoms with E-state index in [0.29, 0.717) is 11.9 Å². The van der Waals surface area contributed by atoms with Gasteiger partial charge in [0.05, 0.1) is 5.56 Å². The van der Waals surface area contributed by atoms with E-state index in [2.05, 4.69) is 0 Å². The van der Waals surface area contributed by atoms with Gasteiger partial charge in [-0.15, -0.1) is 0 Å². The molecule has 0 aliphatic rings. The van der Waals surface area contributed by atoms with Gasteiger partial charge < -0.3 is 5.73 Å². The highest BCUT2D eigenvalue weighted by Crippen LogP contribution is 2.33. The largest absolute Gasteiger partial charge is 0.416 e.